The summed E-state index contributed by atoms with van der Waals surface area (Å²) in [6, 6.07) is 0. The summed E-state index contributed by atoms with van der Waals surface area (Å²) < 4.78 is 0. The van der Waals surface area contributed by atoms with E-state index >= 15 is 0 Å². The van der Waals surface area contributed by atoms with E-state index in [0.717, 1.165) is 18.1 Å². The standard InChI is InChI=1S/C10H18N4/c1-8(2)7-14(3)10-9(6-11)12-4-5-13-10/h4-5,8H,6-7,11H2,1-3H3. The molecule has 0 bridgehead atoms. The fraction of sp³-hybridized carbons (Fsp3) is 0.600. The summed E-state index contributed by atoms with van der Waals surface area (Å²) in [4.78, 5) is 10.6. The molecule has 78 valence electrons. The molecule has 0 unspecified atom stereocenters. The van der Waals surface area contributed by atoms with Crippen molar-refractivity contribution in [3.63, 3.8) is 0 Å². The summed E-state index contributed by atoms with van der Waals surface area (Å²) in [6.07, 6.45) is 3.38. The highest BCUT2D eigenvalue weighted by molar-refractivity contribution is 5.41. The van der Waals surface area contributed by atoms with Crippen molar-refractivity contribution in [3.8, 4) is 0 Å². The van der Waals surface area contributed by atoms with Gasteiger partial charge in [0.1, 0.15) is 0 Å². The Morgan fingerprint density at radius 1 is 1.36 bits per heavy atom. The number of rotatable bonds is 4. The Balaban J connectivity index is 2.82. The van der Waals surface area contributed by atoms with Crippen molar-refractivity contribution in [2.75, 3.05) is 18.5 Å². The zero-order valence-electron chi connectivity index (χ0n) is 9.07. The van der Waals surface area contributed by atoms with Crippen molar-refractivity contribution in [1.82, 2.24) is 9.97 Å². The minimum absolute atomic E-state index is 0.436. The van der Waals surface area contributed by atoms with Crippen molar-refractivity contribution >= 4 is 5.82 Å². The second kappa shape index (κ2) is 4.91. The van der Waals surface area contributed by atoms with Crippen LogP contribution < -0.4 is 10.6 Å². The molecule has 1 aromatic heterocycles. The van der Waals surface area contributed by atoms with Gasteiger partial charge >= 0.3 is 0 Å². The zero-order chi connectivity index (χ0) is 10.6. The molecular weight excluding hydrogens is 176 g/mol. The van der Waals surface area contributed by atoms with Crippen molar-refractivity contribution < 1.29 is 0 Å². The summed E-state index contributed by atoms with van der Waals surface area (Å²) in [5.74, 6) is 1.50. The smallest absolute Gasteiger partial charge is 0.151 e. The van der Waals surface area contributed by atoms with Gasteiger partial charge in [0.25, 0.3) is 0 Å². The molecule has 0 atom stereocenters. The Labute approximate surface area is 85.2 Å². The van der Waals surface area contributed by atoms with Crippen LogP contribution in [0.4, 0.5) is 5.82 Å². The summed E-state index contributed by atoms with van der Waals surface area (Å²) in [7, 11) is 2.02. The predicted octanol–water partition coefficient (Wildman–Crippen LogP) is 1.03. The highest BCUT2D eigenvalue weighted by Gasteiger charge is 2.09. The molecule has 0 saturated carbocycles. The van der Waals surface area contributed by atoms with Gasteiger partial charge in [0.2, 0.25) is 0 Å². The fourth-order valence-electron chi connectivity index (χ4n) is 1.46. The van der Waals surface area contributed by atoms with Gasteiger partial charge in [-0.3, -0.25) is 4.98 Å². The van der Waals surface area contributed by atoms with Gasteiger partial charge < -0.3 is 10.6 Å². The molecule has 4 nitrogen and oxygen atoms in total. The number of hydrogen-bond donors (Lipinski definition) is 1. The maximum atomic E-state index is 5.59. The quantitative estimate of drug-likeness (QED) is 0.777. The van der Waals surface area contributed by atoms with Crippen LogP contribution >= 0.6 is 0 Å². The molecule has 1 heterocycles. The average Bonchev–Trinajstić information content (AvgIpc) is 2.16. The van der Waals surface area contributed by atoms with E-state index in [1.807, 2.05) is 7.05 Å². The Morgan fingerprint density at radius 2 is 2.00 bits per heavy atom. The molecule has 0 aliphatic carbocycles. The SMILES string of the molecule is CC(C)CN(C)c1nccnc1CN. The number of aromatic nitrogens is 2. The normalized spacial score (nSPS) is 10.6. The lowest BCUT2D eigenvalue weighted by atomic mass is 10.2. The highest BCUT2D eigenvalue weighted by atomic mass is 15.2. The van der Waals surface area contributed by atoms with E-state index in [9.17, 15) is 0 Å². The number of nitrogens with zero attached hydrogens (tertiary/aromatic N) is 3. The topological polar surface area (TPSA) is 55.0 Å². The first-order valence-corrected chi connectivity index (χ1v) is 4.86. The average molecular weight is 194 g/mol. The lowest BCUT2D eigenvalue weighted by Gasteiger charge is -2.21. The van der Waals surface area contributed by atoms with Crippen LogP contribution in [0.3, 0.4) is 0 Å². The lowest BCUT2D eigenvalue weighted by Crippen LogP contribution is -2.25. The van der Waals surface area contributed by atoms with Crippen LogP contribution in [-0.2, 0) is 6.54 Å². The lowest BCUT2D eigenvalue weighted by molar-refractivity contribution is 0.631. The van der Waals surface area contributed by atoms with Gasteiger partial charge in [0.15, 0.2) is 5.82 Å². The van der Waals surface area contributed by atoms with Crippen LogP contribution in [0.15, 0.2) is 12.4 Å². The van der Waals surface area contributed by atoms with Crippen LogP contribution in [-0.4, -0.2) is 23.6 Å². The second-order valence-corrected chi connectivity index (χ2v) is 3.81. The van der Waals surface area contributed by atoms with Crippen LogP contribution in [0.5, 0.6) is 0 Å². The maximum absolute atomic E-state index is 5.59. The van der Waals surface area contributed by atoms with Gasteiger partial charge in [-0.15, -0.1) is 0 Å². The monoisotopic (exact) mass is 194 g/mol. The first-order chi connectivity index (χ1) is 6.65. The van der Waals surface area contributed by atoms with E-state index in [4.69, 9.17) is 5.73 Å². The van der Waals surface area contributed by atoms with Crippen LogP contribution in [0.25, 0.3) is 0 Å². The van der Waals surface area contributed by atoms with Gasteiger partial charge in [-0.2, -0.15) is 0 Å². The van der Waals surface area contributed by atoms with E-state index in [0.29, 0.717) is 12.5 Å². The summed E-state index contributed by atoms with van der Waals surface area (Å²) >= 11 is 0. The second-order valence-electron chi connectivity index (χ2n) is 3.81. The third-order valence-corrected chi connectivity index (χ3v) is 1.95. The zero-order valence-corrected chi connectivity index (χ0v) is 9.07. The molecule has 1 rings (SSSR count). The van der Waals surface area contributed by atoms with Gasteiger partial charge in [0, 0.05) is 32.5 Å². The van der Waals surface area contributed by atoms with E-state index in [1.54, 1.807) is 12.4 Å². The molecule has 0 fully saturated rings. The Kier molecular flexibility index (Phi) is 3.83. The fourth-order valence-corrected chi connectivity index (χ4v) is 1.46. The van der Waals surface area contributed by atoms with E-state index in [1.165, 1.54) is 0 Å². The van der Waals surface area contributed by atoms with Crippen LogP contribution in [0.1, 0.15) is 19.5 Å². The van der Waals surface area contributed by atoms with E-state index in [-0.39, 0.29) is 0 Å². The Morgan fingerprint density at radius 3 is 2.57 bits per heavy atom. The van der Waals surface area contributed by atoms with Crippen molar-refractivity contribution in [1.29, 1.82) is 0 Å². The third kappa shape index (κ3) is 2.67. The largest absolute Gasteiger partial charge is 0.358 e. The molecule has 0 aliphatic rings. The Bertz CT molecular complexity index is 285. The number of hydrogen-bond acceptors (Lipinski definition) is 4. The van der Waals surface area contributed by atoms with Gasteiger partial charge in [0.05, 0.1) is 5.69 Å². The van der Waals surface area contributed by atoms with Crippen molar-refractivity contribution in [2.24, 2.45) is 11.7 Å². The van der Waals surface area contributed by atoms with Gasteiger partial charge in [-0.1, -0.05) is 13.8 Å². The minimum Gasteiger partial charge on any atom is -0.358 e. The molecular formula is C10H18N4. The third-order valence-electron chi connectivity index (χ3n) is 1.95. The highest BCUT2D eigenvalue weighted by Crippen LogP contribution is 2.13. The van der Waals surface area contributed by atoms with Gasteiger partial charge in [-0.25, -0.2) is 4.98 Å². The van der Waals surface area contributed by atoms with Crippen LogP contribution in [0, 0.1) is 5.92 Å². The molecule has 0 aliphatic heterocycles. The molecule has 14 heavy (non-hydrogen) atoms. The van der Waals surface area contributed by atoms with Crippen molar-refractivity contribution in [2.45, 2.75) is 20.4 Å². The van der Waals surface area contributed by atoms with Gasteiger partial charge in [-0.05, 0) is 5.92 Å². The first kappa shape index (κ1) is 10.9. The molecule has 0 aromatic carbocycles. The predicted molar refractivity (Wildman–Crippen MR) is 58.0 cm³/mol. The minimum atomic E-state index is 0.436. The summed E-state index contributed by atoms with van der Waals surface area (Å²) in [5, 5.41) is 0. The summed E-state index contributed by atoms with van der Waals surface area (Å²) in [6.45, 7) is 5.75. The van der Waals surface area contributed by atoms with E-state index in [2.05, 4.69) is 28.7 Å². The first-order valence-electron chi connectivity index (χ1n) is 4.86. The molecule has 0 saturated heterocycles. The maximum Gasteiger partial charge on any atom is 0.151 e. The molecule has 1 aromatic rings. The number of nitrogens with two attached hydrogens (primary N) is 1. The molecule has 4 heteroatoms. The molecule has 2 N–H and O–H groups in total. The molecule has 0 radical (unpaired) electrons. The van der Waals surface area contributed by atoms with Crippen LogP contribution in [0.2, 0.25) is 0 Å². The van der Waals surface area contributed by atoms with Crippen molar-refractivity contribution in [3.05, 3.63) is 18.1 Å². The molecule has 0 spiro atoms. The van der Waals surface area contributed by atoms with E-state index < -0.39 is 0 Å². The summed E-state index contributed by atoms with van der Waals surface area (Å²) in [5.41, 5.74) is 6.45. The number of anilines is 1. The molecule has 0 amide bonds. The Hall–Kier alpha value is -1.16.